The Balaban J connectivity index is 0. The summed E-state index contributed by atoms with van der Waals surface area (Å²) in [4.78, 5) is 0. The van der Waals surface area contributed by atoms with Gasteiger partial charge in [0, 0.05) is 5.41 Å². The number of benzene rings is 2. The average Bonchev–Trinajstić information content (AvgIpc) is 2.61. The molecule has 0 nitrogen and oxygen atoms in total. The van der Waals surface area contributed by atoms with E-state index in [1.54, 1.807) is 0 Å². The number of aryl methyl sites for hydroxylation is 2. The first-order valence-electron chi connectivity index (χ1n) is 9.14. The summed E-state index contributed by atoms with van der Waals surface area (Å²) in [6.07, 6.45) is 0. The summed E-state index contributed by atoms with van der Waals surface area (Å²) in [6.45, 7) is 20.8. The highest BCUT2D eigenvalue weighted by Gasteiger charge is 2.22. The fourth-order valence-corrected chi connectivity index (χ4v) is 2.11. The van der Waals surface area contributed by atoms with Crippen LogP contribution in [0.2, 0.25) is 0 Å². The smallest absolute Gasteiger partial charge is 0.0146 e. The first kappa shape index (κ1) is 23.7. The van der Waals surface area contributed by atoms with E-state index in [4.69, 9.17) is 0 Å². The van der Waals surface area contributed by atoms with Crippen LogP contribution in [0.5, 0.6) is 0 Å². The van der Waals surface area contributed by atoms with Gasteiger partial charge in [-0.3, -0.25) is 0 Å². The Hall–Kier alpha value is -1.56. The fourth-order valence-electron chi connectivity index (χ4n) is 2.11. The molecule has 2 rings (SSSR count). The zero-order valence-electron chi connectivity index (χ0n) is 17.1. The van der Waals surface area contributed by atoms with E-state index >= 15 is 0 Å². The number of rotatable bonds is 2. The first-order chi connectivity index (χ1) is 11.0. The largest absolute Gasteiger partial charge is 0.0683 e. The van der Waals surface area contributed by atoms with Crippen molar-refractivity contribution < 1.29 is 0 Å². The molecule has 0 atom stereocenters. The van der Waals surface area contributed by atoms with E-state index in [0.717, 1.165) is 0 Å². The van der Waals surface area contributed by atoms with Gasteiger partial charge < -0.3 is 0 Å². The molecule has 0 aliphatic rings. The Kier molecular flexibility index (Phi) is 13.3. The Bertz CT molecular complexity index is 439. The van der Waals surface area contributed by atoms with E-state index in [-0.39, 0.29) is 5.41 Å². The zero-order chi connectivity index (χ0) is 18.5. The van der Waals surface area contributed by atoms with Crippen molar-refractivity contribution >= 4 is 0 Å². The van der Waals surface area contributed by atoms with E-state index in [0.29, 0.717) is 0 Å². The molecule has 0 radical (unpaired) electrons. The molecule has 0 spiro atoms. The molecule has 0 aliphatic carbocycles. The van der Waals surface area contributed by atoms with Crippen molar-refractivity contribution in [1.82, 2.24) is 0 Å². The van der Waals surface area contributed by atoms with Gasteiger partial charge in [0.1, 0.15) is 0 Å². The van der Waals surface area contributed by atoms with Gasteiger partial charge in [-0.15, -0.1) is 0 Å². The van der Waals surface area contributed by atoms with E-state index < -0.39 is 0 Å². The molecule has 130 valence electrons. The third-order valence-electron chi connectivity index (χ3n) is 3.55. The predicted molar refractivity (Wildman–Crippen MR) is 109 cm³/mol. The molecule has 0 saturated carbocycles. The van der Waals surface area contributed by atoms with Crippen LogP contribution in [0.4, 0.5) is 0 Å². The van der Waals surface area contributed by atoms with Crippen LogP contribution >= 0.6 is 0 Å². The summed E-state index contributed by atoms with van der Waals surface area (Å²) in [5, 5.41) is 0. The molecule has 0 heterocycles. The van der Waals surface area contributed by atoms with Gasteiger partial charge in [0.25, 0.3) is 0 Å². The standard InChI is InChI=1S/C17H20.3C2H6/c1-13-5-9-15(10-6-13)17(3,4)16-11-7-14(2)8-12-16;3*1-2/h5-12H,1-4H3;3*1-2H3. The van der Waals surface area contributed by atoms with Crippen molar-refractivity contribution in [2.24, 2.45) is 0 Å². The van der Waals surface area contributed by atoms with Crippen LogP contribution in [0.25, 0.3) is 0 Å². The third kappa shape index (κ3) is 7.50. The molecule has 2 aromatic rings. The second kappa shape index (κ2) is 12.9. The van der Waals surface area contributed by atoms with Gasteiger partial charge in [-0.05, 0) is 25.0 Å². The summed E-state index contributed by atoms with van der Waals surface area (Å²) in [5.41, 5.74) is 5.43. The van der Waals surface area contributed by atoms with Gasteiger partial charge in [0.05, 0.1) is 0 Å². The molecule has 2 aromatic carbocycles. The van der Waals surface area contributed by atoms with Gasteiger partial charge in [-0.25, -0.2) is 0 Å². The van der Waals surface area contributed by atoms with Crippen LogP contribution in [-0.2, 0) is 5.41 Å². The van der Waals surface area contributed by atoms with Crippen LogP contribution in [0, 0.1) is 13.8 Å². The molecule has 0 unspecified atom stereocenters. The Morgan fingerprint density at radius 1 is 0.478 bits per heavy atom. The van der Waals surface area contributed by atoms with Crippen LogP contribution < -0.4 is 0 Å². The van der Waals surface area contributed by atoms with Crippen molar-refractivity contribution in [2.75, 3.05) is 0 Å². The van der Waals surface area contributed by atoms with Gasteiger partial charge >= 0.3 is 0 Å². The summed E-state index contributed by atoms with van der Waals surface area (Å²) >= 11 is 0. The lowest BCUT2D eigenvalue weighted by atomic mass is 9.78. The van der Waals surface area contributed by atoms with Crippen molar-refractivity contribution in [3.8, 4) is 0 Å². The first-order valence-corrected chi connectivity index (χ1v) is 9.14. The van der Waals surface area contributed by atoms with Crippen LogP contribution in [0.3, 0.4) is 0 Å². The molecule has 0 fully saturated rings. The second-order valence-corrected chi connectivity index (χ2v) is 5.36. The predicted octanol–water partition coefficient (Wildman–Crippen LogP) is 7.71. The van der Waals surface area contributed by atoms with Crippen molar-refractivity contribution in [3.63, 3.8) is 0 Å². The van der Waals surface area contributed by atoms with Crippen molar-refractivity contribution in [1.29, 1.82) is 0 Å². The fraction of sp³-hybridized carbons (Fsp3) is 0.478. The molecule has 0 N–H and O–H groups in total. The van der Waals surface area contributed by atoms with Gasteiger partial charge in [-0.1, -0.05) is 115 Å². The highest BCUT2D eigenvalue weighted by atomic mass is 14.3. The van der Waals surface area contributed by atoms with Crippen LogP contribution in [-0.4, -0.2) is 0 Å². The molecule has 0 bridgehead atoms. The minimum absolute atomic E-state index is 0.0708. The minimum Gasteiger partial charge on any atom is -0.0683 e. The van der Waals surface area contributed by atoms with Crippen LogP contribution in [0.1, 0.15) is 77.6 Å². The monoisotopic (exact) mass is 314 g/mol. The molecule has 0 aromatic heterocycles. The normalized spacial score (nSPS) is 9.30. The molecular formula is C23H38. The topological polar surface area (TPSA) is 0 Å². The Morgan fingerprint density at radius 2 is 0.696 bits per heavy atom. The molecular weight excluding hydrogens is 276 g/mol. The quantitative estimate of drug-likeness (QED) is 0.532. The summed E-state index contributed by atoms with van der Waals surface area (Å²) < 4.78 is 0. The van der Waals surface area contributed by atoms with E-state index in [1.165, 1.54) is 22.3 Å². The minimum atomic E-state index is 0.0708. The molecule has 0 saturated heterocycles. The van der Waals surface area contributed by atoms with E-state index in [2.05, 4.69) is 76.2 Å². The van der Waals surface area contributed by atoms with Gasteiger partial charge in [0.15, 0.2) is 0 Å². The van der Waals surface area contributed by atoms with Crippen molar-refractivity contribution in [2.45, 2.75) is 74.7 Å². The van der Waals surface area contributed by atoms with E-state index in [1.807, 2.05) is 41.5 Å². The SMILES string of the molecule is CC.CC.CC.Cc1ccc(C(C)(C)c2ccc(C)cc2)cc1. The van der Waals surface area contributed by atoms with Crippen LogP contribution in [0.15, 0.2) is 48.5 Å². The van der Waals surface area contributed by atoms with Gasteiger partial charge in [-0.2, -0.15) is 0 Å². The molecule has 0 aliphatic heterocycles. The highest BCUT2D eigenvalue weighted by molar-refractivity contribution is 5.39. The van der Waals surface area contributed by atoms with Gasteiger partial charge in [0.2, 0.25) is 0 Å². The maximum absolute atomic E-state index is 2.28. The third-order valence-corrected chi connectivity index (χ3v) is 3.55. The number of hydrogen-bond donors (Lipinski definition) is 0. The zero-order valence-corrected chi connectivity index (χ0v) is 17.1. The Morgan fingerprint density at radius 3 is 0.913 bits per heavy atom. The maximum atomic E-state index is 2.28. The lowest BCUT2D eigenvalue weighted by molar-refractivity contribution is 0.640. The molecule has 0 heteroatoms. The summed E-state index contributed by atoms with van der Waals surface area (Å²) in [5.74, 6) is 0. The maximum Gasteiger partial charge on any atom is 0.0146 e. The van der Waals surface area contributed by atoms with Crippen molar-refractivity contribution in [3.05, 3.63) is 70.8 Å². The average molecular weight is 315 g/mol. The number of hydrogen-bond acceptors (Lipinski definition) is 0. The molecule has 0 amide bonds. The lowest BCUT2D eigenvalue weighted by Gasteiger charge is -2.26. The highest BCUT2D eigenvalue weighted by Crippen LogP contribution is 2.31. The van der Waals surface area contributed by atoms with E-state index in [9.17, 15) is 0 Å². The lowest BCUT2D eigenvalue weighted by Crippen LogP contribution is -2.18. The Labute approximate surface area is 146 Å². The second-order valence-electron chi connectivity index (χ2n) is 5.36. The summed E-state index contributed by atoms with van der Waals surface area (Å²) in [6, 6.07) is 17.7. The molecule has 23 heavy (non-hydrogen) atoms. The summed E-state index contributed by atoms with van der Waals surface area (Å²) in [7, 11) is 0.